The lowest BCUT2D eigenvalue weighted by Gasteiger charge is -2.16. The molecule has 4 nitrogen and oxygen atoms in total. The lowest BCUT2D eigenvalue weighted by molar-refractivity contribution is 0.0749. The second-order valence-corrected chi connectivity index (χ2v) is 6.48. The van der Waals surface area contributed by atoms with E-state index in [0.29, 0.717) is 30.1 Å². The lowest BCUT2D eigenvalue weighted by atomic mass is 10.1. The molecule has 0 saturated heterocycles. The Kier molecular flexibility index (Phi) is 4.11. The maximum atomic E-state index is 13.2. The number of amides is 1. The summed E-state index contributed by atoms with van der Waals surface area (Å²) in [6.45, 7) is 7.00. The maximum absolute atomic E-state index is 13.2. The Hall–Kier alpha value is -2.30. The van der Waals surface area contributed by atoms with Gasteiger partial charge in [0.2, 0.25) is 0 Å². The van der Waals surface area contributed by atoms with Gasteiger partial charge in [0, 0.05) is 30.3 Å². The van der Waals surface area contributed by atoms with E-state index >= 15 is 0 Å². The average Bonchev–Trinajstić information content (AvgIpc) is 2.89. The van der Waals surface area contributed by atoms with Gasteiger partial charge in [-0.3, -0.25) is 4.79 Å². The van der Waals surface area contributed by atoms with Gasteiger partial charge in [-0.2, -0.15) is 0 Å². The van der Waals surface area contributed by atoms with Crippen molar-refractivity contribution in [2.24, 2.45) is 5.92 Å². The molecule has 0 fully saturated rings. The summed E-state index contributed by atoms with van der Waals surface area (Å²) in [5.41, 5.74) is 3.10. The lowest BCUT2D eigenvalue weighted by Crippen LogP contribution is -2.26. The van der Waals surface area contributed by atoms with Crippen molar-refractivity contribution in [3.8, 4) is 0 Å². The third-order valence-corrected chi connectivity index (χ3v) is 4.00. The van der Waals surface area contributed by atoms with E-state index in [1.807, 2.05) is 6.20 Å². The van der Waals surface area contributed by atoms with Crippen molar-refractivity contribution < 1.29 is 9.18 Å². The molecule has 3 rings (SSSR count). The van der Waals surface area contributed by atoms with Crippen LogP contribution in [-0.2, 0) is 19.5 Å². The van der Waals surface area contributed by atoms with Crippen LogP contribution in [0.2, 0.25) is 0 Å². The molecular formula is C18H20FN3O. The van der Waals surface area contributed by atoms with Crippen LogP contribution in [0.15, 0.2) is 24.4 Å². The highest BCUT2D eigenvalue weighted by Gasteiger charge is 2.27. The average molecular weight is 313 g/mol. The molecule has 1 aliphatic heterocycles. The predicted octanol–water partition coefficient (Wildman–Crippen LogP) is 3.28. The van der Waals surface area contributed by atoms with Gasteiger partial charge in [-0.1, -0.05) is 13.8 Å². The number of carbonyl (C=O) groups is 1. The van der Waals surface area contributed by atoms with Crippen molar-refractivity contribution in [3.05, 3.63) is 58.4 Å². The Labute approximate surface area is 135 Å². The molecule has 1 aliphatic rings. The smallest absolute Gasteiger partial charge is 0.254 e. The van der Waals surface area contributed by atoms with Crippen molar-refractivity contribution in [1.82, 2.24) is 14.9 Å². The number of carbonyl (C=O) groups excluding carboxylic acids is 1. The highest BCUT2D eigenvalue weighted by molar-refractivity contribution is 5.95. The molecule has 2 heterocycles. The highest BCUT2D eigenvalue weighted by Crippen LogP contribution is 2.24. The Morgan fingerprint density at radius 2 is 2.13 bits per heavy atom. The highest BCUT2D eigenvalue weighted by atomic mass is 19.1. The van der Waals surface area contributed by atoms with Gasteiger partial charge >= 0.3 is 0 Å². The predicted molar refractivity (Wildman–Crippen MR) is 85.3 cm³/mol. The zero-order valence-corrected chi connectivity index (χ0v) is 13.6. The van der Waals surface area contributed by atoms with E-state index in [1.54, 1.807) is 17.9 Å². The minimum absolute atomic E-state index is 0.0918. The largest absolute Gasteiger partial charge is 0.328 e. The number of hydrogen-bond acceptors (Lipinski definition) is 3. The topological polar surface area (TPSA) is 46.1 Å². The van der Waals surface area contributed by atoms with E-state index in [0.717, 1.165) is 23.5 Å². The molecule has 0 radical (unpaired) electrons. The first kappa shape index (κ1) is 15.6. The zero-order valence-electron chi connectivity index (χ0n) is 13.6. The van der Waals surface area contributed by atoms with Gasteiger partial charge in [0.05, 0.1) is 12.2 Å². The molecule has 5 heteroatoms. The number of aromatic nitrogens is 2. The number of hydrogen-bond donors (Lipinski definition) is 0. The summed E-state index contributed by atoms with van der Waals surface area (Å²) in [4.78, 5) is 23.4. The summed E-state index contributed by atoms with van der Waals surface area (Å²) < 4.78 is 13.2. The van der Waals surface area contributed by atoms with Crippen LogP contribution in [0.5, 0.6) is 0 Å². The molecule has 120 valence electrons. The van der Waals surface area contributed by atoms with Gasteiger partial charge in [-0.05, 0) is 36.6 Å². The fourth-order valence-corrected chi connectivity index (χ4v) is 2.84. The first-order valence-corrected chi connectivity index (χ1v) is 7.83. The summed E-state index contributed by atoms with van der Waals surface area (Å²) in [6, 6.07) is 4.26. The normalized spacial score (nSPS) is 13.5. The second kappa shape index (κ2) is 6.07. The van der Waals surface area contributed by atoms with E-state index in [2.05, 4.69) is 23.8 Å². The molecule has 1 aromatic heterocycles. The maximum Gasteiger partial charge on any atom is 0.254 e. The first-order valence-electron chi connectivity index (χ1n) is 7.83. The molecule has 23 heavy (non-hydrogen) atoms. The Morgan fingerprint density at radius 1 is 1.35 bits per heavy atom. The molecule has 0 saturated carbocycles. The van der Waals surface area contributed by atoms with Gasteiger partial charge in [0.1, 0.15) is 11.6 Å². The summed E-state index contributed by atoms with van der Waals surface area (Å²) in [7, 11) is 0. The number of nitrogens with zero attached hydrogens (tertiary/aromatic N) is 3. The Balaban J connectivity index is 1.80. The van der Waals surface area contributed by atoms with E-state index in [1.165, 1.54) is 12.1 Å². The van der Waals surface area contributed by atoms with Gasteiger partial charge in [-0.15, -0.1) is 0 Å². The number of halogens is 1. The molecule has 0 N–H and O–H groups in total. The SMILES string of the molecule is Cc1cc(F)ccc1C(=O)N1Cc2cnc(CC(C)C)nc2C1. The number of benzene rings is 1. The molecule has 0 atom stereocenters. The van der Waals surface area contributed by atoms with Crippen molar-refractivity contribution in [1.29, 1.82) is 0 Å². The molecule has 1 aromatic carbocycles. The van der Waals surface area contributed by atoms with Crippen LogP contribution in [0.4, 0.5) is 4.39 Å². The molecule has 0 unspecified atom stereocenters. The monoisotopic (exact) mass is 313 g/mol. The van der Waals surface area contributed by atoms with Crippen molar-refractivity contribution >= 4 is 5.91 Å². The van der Waals surface area contributed by atoms with Gasteiger partial charge in [0.15, 0.2) is 0 Å². The van der Waals surface area contributed by atoms with Crippen molar-refractivity contribution in [2.75, 3.05) is 0 Å². The van der Waals surface area contributed by atoms with Crippen LogP contribution in [0, 0.1) is 18.7 Å². The minimum Gasteiger partial charge on any atom is -0.328 e. The van der Waals surface area contributed by atoms with Crippen LogP contribution >= 0.6 is 0 Å². The fourth-order valence-electron chi connectivity index (χ4n) is 2.84. The molecule has 0 spiro atoms. The molecule has 0 aliphatic carbocycles. The number of rotatable bonds is 3. The fraction of sp³-hybridized carbons (Fsp3) is 0.389. The van der Waals surface area contributed by atoms with Gasteiger partial charge in [0.25, 0.3) is 5.91 Å². The van der Waals surface area contributed by atoms with Crippen LogP contribution in [0.1, 0.15) is 46.9 Å². The van der Waals surface area contributed by atoms with Crippen LogP contribution < -0.4 is 0 Å². The third-order valence-electron chi connectivity index (χ3n) is 4.00. The van der Waals surface area contributed by atoms with E-state index < -0.39 is 0 Å². The quantitative estimate of drug-likeness (QED) is 0.873. The Morgan fingerprint density at radius 3 is 2.83 bits per heavy atom. The molecular weight excluding hydrogens is 293 g/mol. The van der Waals surface area contributed by atoms with E-state index in [9.17, 15) is 9.18 Å². The molecule has 2 aromatic rings. The van der Waals surface area contributed by atoms with Crippen LogP contribution in [0.3, 0.4) is 0 Å². The third kappa shape index (κ3) is 3.23. The van der Waals surface area contributed by atoms with E-state index in [-0.39, 0.29) is 11.7 Å². The second-order valence-electron chi connectivity index (χ2n) is 6.48. The first-order chi connectivity index (χ1) is 10.9. The summed E-state index contributed by atoms with van der Waals surface area (Å²) >= 11 is 0. The molecule has 1 amide bonds. The zero-order chi connectivity index (χ0) is 16.6. The number of aryl methyl sites for hydroxylation is 1. The summed E-state index contributed by atoms with van der Waals surface area (Å²) in [5.74, 6) is 0.902. The van der Waals surface area contributed by atoms with Crippen molar-refractivity contribution in [3.63, 3.8) is 0 Å². The van der Waals surface area contributed by atoms with Gasteiger partial charge < -0.3 is 4.90 Å². The minimum atomic E-state index is -0.326. The number of fused-ring (bicyclic) bond motifs is 1. The Bertz CT molecular complexity index is 758. The summed E-state index contributed by atoms with van der Waals surface area (Å²) in [6.07, 6.45) is 2.66. The standard InChI is InChI=1S/C18H20FN3O/c1-11(2)6-17-20-8-13-9-22(10-16(13)21-17)18(23)15-5-4-14(19)7-12(15)3/h4-5,7-8,11H,6,9-10H2,1-3H3. The van der Waals surface area contributed by atoms with E-state index in [4.69, 9.17) is 0 Å². The van der Waals surface area contributed by atoms with Gasteiger partial charge in [-0.25, -0.2) is 14.4 Å². The van der Waals surface area contributed by atoms with Crippen molar-refractivity contribution in [2.45, 2.75) is 40.3 Å². The van der Waals surface area contributed by atoms with Crippen LogP contribution in [0.25, 0.3) is 0 Å². The van der Waals surface area contributed by atoms with Crippen LogP contribution in [-0.4, -0.2) is 20.8 Å². The summed E-state index contributed by atoms with van der Waals surface area (Å²) in [5, 5.41) is 0. The molecule has 0 bridgehead atoms.